The summed E-state index contributed by atoms with van der Waals surface area (Å²) < 4.78 is 12.0. The van der Waals surface area contributed by atoms with Gasteiger partial charge >= 0.3 is 5.97 Å². The van der Waals surface area contributed by atoms with E-state index in [1.165, 1.54) is 19.2 Å². The molecule has 1 fully saturated rings. The Bertz CT molecular complexity index is 1350. The van der Waals surface area contributed by atoms with Crippen molar-refractivity contribution in [3.8, 4) is 5.69 Å². The molecule has 0 unspecified atom stereocenters. The molecule has 0 atom stereocenters. The fraction of sp³-hybridized carbons (Fsp3) is 0.167. The van der Waals surface area contributed by atoms with Crippen LogP contribution in [0.3, 0.4) is 0 Å². The molecule has 1 aliphatic heterocycles. The number of amides is 3. The van der Waals surface area contributed by atoms with Gasteiger partial charge in [-0.25, -0.2) is 4.79 Å². The number of ether oxygens (including phenoxy) is 1. The minimum absolute atomic E-state index is 0.00341. The summed E-state index contributed by atoms with van der Waals surface area (Å²) in [5.41, 5.74) is 9.14. The van der Waals surface area contributed by atoms with Crippen LogP contribution >= 0.6 is 11.8 Å². The maximum atomic E-state index is 12.9. The lowest BCUT2D eigenvalue weighted by atomic mass is 10.2. The summed E-state index contributed by atoms with van der Waals surface area (Å²) in [7, 11) is 1.23. The zero-order chi connectivity index (χ0) is 24.6. The first-order chi connectivity index (χ1) is 16.2. The second kappa shape index (κ2) is 9.06. The Morgan fingerprint density at radius 3 is 2.47 bits per heavy atom. The van der Waals surface area contributed by atoms with E-state index >= 15 is 0 Å². The third-order valence-electron chi connectivity index (χ3n) is 5.40. The lowest BCUT2D eigenvalue weighted by molar-refractivity contribution is -0.123. The van der Waals surface area contributed by atoms with Crippen molar-refractivity contribution in [1.29, 1.82) is 0 Å². The highest BCUT2D eigenvalue weighted by Gasteiger charge is 2.36. The molecule has 174 valence electrons. The number of aryl methyl sites for hydroxylation is 1. The van der Waals surface area contributed by atoms with Crippen molar-refractivity contribution in [2.45, 2.75) is 20.4 Å². The van der Waals surface area contributed by atoms with Crippen LogP contribution in [0.15, 0.2) is 51.8 Å². The van der Waals surface area contributed by atoms with E-state index in [2.05, 4.69) is 4.74 Å². The van der Waals surface area contributed by atoms with Gasteiger partial charge in [0.15, 0.2) is 0 Å². The summed E-state index contributed by atoms with van der Waals surface area (Å²) in [4.78, 5) is 49.7. The Balaban J connectivity index is 1.57. The van der Waals surface area contributed by atoms with E-state index < -0.39 is 23.0 Å². The Kier molecular flexibility index (Phi) is 6.16. The summed E-state index contributed by atoms with van der Waals surface area (Å²) in [6.07, 6.45) is 1.68. The van der Waals surface area contributed by atoms with E-state index in [0.717, 1.165) is 39.3 Å². The average Bonchev–Trinajstić information content (AvgIpc) is 3.47. The van der Waals surface area contributed by atoms with Gasteiger partial charge in [-0.3, -0.25) is 19.3 Å². The predicted molar refractivity (Wildman–Crippen MR) is 125 cm³/mol. The van der Waals surface area contributed by atoms with Crippen LogP contribution in [0.4, 0.5) is 4.79 Å². The van der Waals surface area contributed by atoms with Crippen LogP contribution in [0, 0.1) is 13.8 Å². The van der Waals surface area contributed by atoms with Crippen molar-refractivity contribution >= 4 is 40.9 Å². The maximum Gasteiger partial charge on any atom is 0.373 e. The van der Waals surface area contributed by atoms with E-state index in [-0.39, 0.29) is 17.2 Å². The summed E-state index contributed by atoms with van der Waals surface area (Å²) in [6, 6.07) is 11.8. The number of carbonyl (C=O) groups is 4. The van der Waals surface area contributed by atoms with E-state index in [4.69, 9.17) is 10.2 Å². The van der Waals surface area contributed by atoms with Crippen LogP contribution in [-0.2, 0) is 16.1 Å². The minimum Gasteiger partial charge on any atom is -0.463 e. The van der Waals surface area contributed by atoms with Crippen molar-refractivity contribution in [2.75, 3.05) is 7.11 Å². The zero-order valence-corrected chi connectivity index (χ0v) is 19.5. The van der Waals surface area contributed by atoms with Gasteiger partial charge in [0.05, 0.1) is 18.6 Å². The normalized spacial score (nSPS) is 14.8. The number of nitrogens with zero attached hydrogens (tertiary/aromatic N) is 2. The molecule has 3 amide bonds. The van der Waals surface area contributed by atoms with Gasteiger partial charge in [-0.15, -0.1) is 0 Å². The molecule has 34 heavy (non-hydrogen) atoms. The Morgan fingerprint density at radius 1 is 1.12 bits per heavy atom. The quantitative estimate of drug-likeness (QED) is 0.421. The first kappa shape index (κ1) is 23.1. The van der Waals surface area contributed by atoms with Gasteiger partial charge in [-0.1, -0.05) is 0 Å². The number of primary amides is 1. The number of rotatable bonds is 6. The smallest absolute Gasteiger partial charge is 0.373 e. The third kappa shape index (κ3) is 4.27. The molecule has 0 spiro atoms. The molecule has 1 saturated heterocycles. The van der Waals surface area contributed by atoms with Gasteiger partial charge < -0.3 is 19.5 Å². The molecule has 9 nitrogen and oxygen atoms in total. The number of benzene rings is 1. The van der Waals surface area contributed by atoms with E-state index in [1.54, 1.807) is 30.3 Å². The molecule has 0 saturated carbocycles. The number of nitrogens with two attached hydrogens (primary N) is 1. The van der Waals surface area contributed by atoms with Crippen molar-refractivity contribution in [3.63, 3.8) is 0 Å². The van der Waals surface area contributed by atoms with Crippen LogP contribution < -0.4 is 5.73 Å². The summed E-state index contributed by atoms with van der Waals surface area (Å²) in [5.74, 6) is -1.29. The maximum absolute atomic E-state index is 12.9. The molecule has 3 heterocycles. The molecular weight excluding hydrogens is 458 g/mol. The SMILES string of the molecule is COC(=O)c1ccc(CN2C(=O)S/C(=C/c3cc(C)n(-c4ccc(C(N)=O)cc4)c3C)C2=O)o1. The van der Waals surface area contributed by atoms with Gasteiger partial charge in [-0.2, -0.15) is 0 Å². The fourth-order valence-corrected chi connectivity index (χ4v) is 4.54. The Hall–Kier alpha value is -4.05. The molecule has 0 radical (unpaired) electrons. The van der Waals surface area contributed by atoms with Gasteiger partial charge in [0, 0.05) is 22.6 Å². The lowest BCUT2D eigenvalue weighted by Crippen LogP contribution is -2.27. The number of imide groups is 1. The molecule has 2 aromatic heterocycles. The van der Waals surface area contributed by atoms with Gasteiger partial charge in [0.1, 0.15) is 5.76 Å². The van der Waals surface area contributed by atoms with Crippen LogP contribution in [0.25, 0.3) is 11.8 Å². The number of esters is 1. The first-order valence-corrected chi connectivity index (χ1v) is 11.0. The van der Waals surface area contributed by atoms with Gasteiger partial charge in [0.2, 0.25) is 11.7 Å². The highest BCUT2D eigenvalue weighted by atomic mass is 32.2. The standard InChI is InChI=1S/C24H21N3O6S/c1-13-10-16(14(2)27(13)17-6-4-15(5-7-17)21(25)28)11-20-22(29)26(24(31)34-20)12-18-8-9-19(33-18)23(30)32-3/h4-11H,12H2,1-3H3,(H2,25,28)/b20-11+. The fourth-order valence-electron chi connectivity index (χ4n) is 3.71. The van der Waals surface area contributed by atoms with E-state index in [9.17, 15) is 19.2 Å². The average molecular weight is 480 g/mol. The molecule has 0 bridgehead atoms. The predicted octanol–water partition coefficient (Wildman–Crippen LogP) is 3.81. The van der Waals surface area contributed by atoms with Crippen LogP contribution in [0.5, 0.6) is 0 Å². The molecule has 4 rings (SSSR count). The molecule has 3 aromatic rings. The highest BCUT2D eigenvalue weighted by Crippen LogP contribution is 2.35. The number of hydrogen-bond acceptors (Lipinski definition) is 7. The van der Waals surface area contributed by atoms with Crippen molar-refractivity contribution < 1.29 is 28.3 Å². The molecule has 2 N–H and O–H groups in total. The second-order valence-electron chi connectivity index (χ2n) is 7.60. The number of carbonyl (C=O) groups excluding carboxylic acids is 4. The van der Waals surface area contributed by atoms with Gasteiger partial charge in [0.25, 0.3) is 11.1 Å². The monoisotopic (exact) mass is 479 g/mol. The van der Waals surface area contributed by atoms with Crippen molar-refractivity contribution in [2.24, 2.45) is 5.73 Å². The summed E-state index contributed by atoms with van der Waals surface area (Å²) in [6.45, 7) is 3.74. The summed E-state index contributed by atoms with van der Waals surface area (Å²) in [5, 5.41) is -0.428. The number of thioether (sulfide) groups is 1. The third-order valence-corrected chi connectivity index (χ3v) is 6.31. The largest absolute Gasteiger partial charge is 0.463 e. The van der Waals surface area contributed by atoms with Crippen molar-refractivity contribution in [3.05, 3.63) is 81.4 Å². The van der Waals surface area contributed by atoms with Gasteiger partial charge in [-0.05, 0) is 79.7 Å². The second-order valence-corrected chi connectivity index (χ2v) is 8.59. The zero-order valence-electron chi connectivity index (χ0n) is 18.7. The van der Waals surface area contributed by atoms with Crippen LogP contribution in [0.1, 0.15) is 43.6 Å². The molecule has 1 aromatic carbocycles. The molecule has 10 heteroatoms. The first-order valence-electron chi connectivity index (χ1n) is 10.2. The Labute approximate surface area is 199 Å². The topological polar surface area (TPSA) is 125 Å². The van der Waals surface area contributed by atoms with E-state index in [0.29, 0.717) is 11.3 Å². The number of aromatic nitrogens is 1. The minimum atomic E-state index is -0.639. The van der Waals surface area contributed by atoms with E-state index in [1.807, 2.05) is 24.5 Å². The highest BCUT2D eigenvalue weighted by molar-refractivity contribution is 8.18. The lowest BCUT2D eigenvalue weighted by Gasteiger charge is -2.10. The van der Waals surface area contributed by atoms with Crippen LogP contribution in [-0.4, -0.2) is 39.6 Å². The molecule has 0 aliphatic carbocycles. The molecular formula is C24H21N3O6S. The van der Waals surface area contributed by atoms with Crippen LogP contribution in [0.2, 0.25) is 0 Å². The summed E-state index contributed by atoms with van der Waals surface area (Å²) >= 11 is 0.843. The number of hydrogen-bond donors (Lipinski definition) is 1. The number of methoxy groups -OCH3 is 1. The Morgan fingerprint density at radius 2 is 1.82 bits per heavy atom. The molecule has 1 aliphatic rings. The van der Waals surface area contributed by atoms with Crippen molar-refractivity contribution in [1.82, 2.24) is 9.47 Å². The number of furan rings is 1.